The van der Waals surface area contributed by atoms with Crippen LogP contribution in [-0.4, -0.2) is 21.3 Å². The highest BCUT2D eigenvalue weighted by molar-refractivity contribution is 7.20. The molecule has 2 aromatic heterocycles. The Bertz CT molecular complexity index is 1030. The maximum atomic E-state index is 12.5. The van der Waals surface area contributed by atoms with Crippen LogP contribution in [-0.2, 0) is 6.54 Å². The number of rotatable bonds is 4. The average Bonchev–Trinajstić information content (AvgIpc) is 2.93. The van der Waals surface area contributed by atoms with Gasteiger partial charge in [0, 0.05) is 12.1 Å². The zero-order valence-electron chi connectivity index (χ0n) is 14.0. The lowest BCUT2D eigenvalue weighted by molar-refractivity contribution is 0.0739. The van der Waals surface area contributed by atoms with Crippen LogP contribution >= 0.6 is 11.3 Å². The van der Waals surface area contributed by atoms with Crippen molar-refractivity contribution in [3.8, 4) is 5.75 Å². The number of benzene rings is 1. The molecule has 128 valence electrons. The Morgan fingerprint density at radius 1 is 1.24 bits per heavy atom. The van der Waals surface area contributed by atoms with Crippen LogP contribution in [0.3, 0.4) is 0 Å². The van der Waals surface area contributed by atoms with Crippen LogP contribution in [0.25, 0.3) is 10.2 Å². The van der Waals surface area contributed by atoms with Crippen molar-refractivity contribution >= 4 is 33.3 Å². The minimum Gasteiger partial charge on any atom is -0.422 e. The molecule has 0 atom stereocenters. The summed E-state index contributed by atoms with van der Waals surface area (Å²) < 4.78 is 6.86. The molecule has 0 spiro atoms. The van der Waals surface area contributed by atoms with Gasteiger partial charge >= 0.3 is 5.97 Å². The van der Waals surface area contributed by atoms with E-state index in [1.807, 2.05) is 6.92 Å². The number of hydrogen-bond acceptors (Lipinski definition) is 6. The van der Waals surface area contributed by atoms with Crippen LogP contribution < -0.4 is 10.3 Å². The van der Waals surface area contributed by atoms with E-state index in [0.29, 0.717) is 38.5 Å². The summed E-state index contributed by atoms with van der Waals surface area (Å²) in [6, 6.07) is 6.34. The Hall–Kier alpha value is -2.80. The van der Waals surface area contributed by atoms with E-state index in [4.69, 9.17) is 4.74 Å². The van der Waals surface area contributed by atoms with Gasteiger partial charge in [0.05, 0.1) is 11.7 Å². The molecule has 0 amide bonds. The second kappa shape index (κ2) is 6.60. The first-order chi connectivity index (χ1) is 11.9. The van der Waals surface area contributed by atoms with Gasteiger partial charge in [0.2, 0.25) is 0 Å². The molecule has 3 rings (SSSR count). The van der Waals surface area contributed by atoms with Gasteiger partial charge in [-0.05, 0) is 50.6 Å². The predicted octanol–water partition coefficient (Wildman–Crippen LogP) is 3.21. The molecule has 0 saturated heterocycles. The summed E-state index contributed by atoms with van der Waals surface area (Å²) in [7, 11) is 0. The quantitative estimate of drug-likeness (QED) is 0.407. The number of esters is 1. The van der Waals surface area contributed by atoms with Crippen molar-refractivity contribution in [2.75, 3.05) is 0 Å². The van der Waals surface area contributed by atoms with Crippen molar-refractivity contribution in [3.05, 3.63) is 57.0 Å². The van der Waals surface area contributed by atoms with Crippen LogP contribution in [0.5, 0.6) is 5.75 Å². The third kappa shape index (κ3) is 3.10. The number of Topliss-reactive ketones (excluding diaryl/α,β-unsaturated/α-hetero) is 1. The lowest BCUT2D eigenvalue weighted by Crippen LogP contribution is -2.19. The molecule has 0 aliphatic heterocycles. The number of carbonyl (C=O) groups is 2. The van der Waals surface area contributed by atoms with Gasteiger partial charge in [-0.3, -0.25) is 14.2 Å². The van der Waals surface area contributed by atoms with E-state index in [9.17, 15) is 14.4 Å². The summed E-state index contributed by atoms with van der Waals surface area (Å²) in [6.45, 7) is 5.56. The number of ether oxygens (including phenoxy) is 1. The first-order valence-electron chi connectivity index (χ1n) is 7.74. The average molecular weight is 356 g/mol. The molecule has 7 heteroatoms. The first-order valence-corrected chi connectivity index (χ1v) is 8.55. The summed E-state index contributed by atoms with van der Waals surface area (Å²) in [5.41, 5.74) is 0.957. The summed E-state index contributed by atoms with van der Waals surface area (Å²) in [6.07, 6.45) is 1.48. The van der Waals surface area contributed by atoms with E-state index in [0.717, 1.165) is 11.3 Å². The number of ketones is 1. The van der Waals surface area contributed by atoms with Gasteiger partial charge in [0.1, 0.15) is 15.5 Å². The van der Waals surface area contributed by atoms with Crippen molar-refractivity contribution in [2.24, 2.45) is 0 Å². The number of aromatic nitrogens is 2. The Balaban J connectivity index is 1.94. The number of hydrogen-bond donors (Lipinski definition) is 0. The van der Waals surface area contributed by atoms with Gasteiger partial charge in [-0.1, -0.05) is 0 Å². The number of carbonyl (C=O) groups excluding carboxylic acids is 2. The molecule has 6 nitrogen and oxygen atoms in total. The second-order valence-corrected chi connectivity index (χ2v) is 6.54. The maximum Gasteiger partial charge on any atom is 0.354 e. The van der Waals surface area contributed by atoms with Crippen molar-refractivity contribution in [3.63, 3.8) is 0 Å². The zero-order chi connectivity index (χ0) is 18.1. The normalized spacial score (nSPS) is 10.8. The van der Waals surface area contributed by atoms with Crippen LogP contribution in [0.4, 0.5) is 0 Å². The van der Waals surface area contributed by atoms with E-state index >= 15 is 0 Å². The predicted molar refractivity (Wildman–Crippen MR) is 95.7 cm³/mol. The van der Waals surface area contributed by atoms with E-state index in [1.165, 1.54) is 17.8 Å². The fraction of sp³-hybridized carbons (Fsp3) is 0.222. The second-order valence-electron chi connectivity index (χ2n) is 5.54. The lowest BCUT2D eigenvalue weighted by atomic mass is 10.1. The third-order valence-corrected chi connectivity index (χ3v) is 5.09. The largest absolute Gasteiger partial charge is 0.422 e. The smallest absolute Gasteiger partial charge is 0.354 e. The fourth-order valence-corrected chi connectivity index (χ4v) is 3.51. The molecule has 0 aliphatic carbocycles. The van der Waals surface area contributed by atoms with Crippen LogP contribution in [0.1, 0.15) is 39.4 Å². The molecule has 25 heavy (non-hydrogen) atoms. The molecule has 3 aromatic rings. The molecule has 0 aliphatic rings. The molecule has 0 bridgehead atoms. The summed E-state index contributed by atoms with van der Waals surface area (Å²) >= 11 is 1.14. The highest BCUT2D eigenvalue weighted by atomic mass is 32.1. The van der Waals surface area contributed by atoms with Crippen molar-refractivity contribution in [1.29, 1.82) is 0 Å². The maximum absolute atomic E-state index is 12.5. The van der Waals surface area contributed by atoms with Gasteiger partial charge in [-0.25, -0.2) is 9.78 Å². The number of thiophene rings is 1. The molecule has 0 radical (unpaired) electrons. The monoisotopic (exact) mass is 356 g/mol. The van der Waals surface area contributed by atoms with Crippen LogP contribution in [0, 0.1) is 6.92 Å². The van der Waals surface area contributed by atoms with Crippen LogP contribution in [0.15, 0.2) is 35.4 Å². The third-order valence-electron chi connectivity index (χ3n) is 3.91. The van der Waals surface area contributed by atoms with Crippen molar-refractivity contribution in [1.82, 2.24) is 9.55 Å². The summed E-state index contributed by atoms with van der Waals surface area (Å²) in [4.78, 5) is 41.3. The topological polar surface area (TPSA) is 78.3 Å². The molecule has 0 saturated carbocycles. The van der Waals surface area contributed by atoms with Crippen molar-refractivity contribution < 1.29 is 14.3 Å². The van der Waals surface area contributed by atoms with Gasteiger partial charge in [-0.15, -0.1) is 11.3 Å². The van der Waals surface area contributed by atoms with Gasteiger partial charge in [0.15, 0.2) is 5.78 Å². The van der Waals surface area contributed by atoms with Crippen molar-refractivity contribution in [2.45, 2.75) is 27.3 Å². The number of nitrogens with zero attached hydrogens (tertiary/aromatic N) is 2. The van der Waals surface area contributed by atoms with Gasteiger partial charge in [0.25, 0.3) is 5.56 Å². The standard InChI is InChI=1S/C18H16N2O4S/c1-4-20-9-19-16-14(17(20)22)10(2)15(25-16)18(23)24-13-7-5-12(6-8-13)11(3)21/h5-9H,4H2,1-3H3. The molecule has 0 N–H and O–H groups in total. The Morgan fingerprint density at radius 3 is 2.52 bits per heavy atom. The SMILES string of the molecule is CCn1cnc2sc(C(=O)Oc3ccc(C(C)=O)cc3)c(C)c2c1=O. The molecular weight excluding hydrogens is 340 g/mol. The molecular formula is C18H16N2O4S. The van der Waals surface area contributed by atoms with E-state index < -0.39 is 5.97 Å². The summed E-state index contributed by atoms with van der Waals surface area (Å²) in [5, 5.41) is 0.452. The van der Waals surface area contributed by atoms with E-state index in [2.05, 4.69) is 4.98 Å². The summed E-state index contributed by atoms with van der Waals surface area (Å²) in [5.74, 6) is -0.263. The van der Waals surface area contributed by atoms with Gasteiger partial charge in [-0.2, -0.15) is 0 Å². The minimum absolute atomic E-state index is 0.0588. The number of fused-ring (bicyclic) bond motifs is 1. The molecule has 1 aromatic carbocycles. The Kier molecular flexibility index (Phi) is 4.50. The zero-order valence-corrected chi connectivity index (χ0v) is 14.8. The fourth-order valence-electron chi connectivity index (χ4n) is 2.49. The molecule has 0 fully saturated rings. The Labute approximate surface area is 147 Å². The Morgan fingerprint density at radius 2 is 1.92 bits per heavy atom. The van der Waals surface area contributed by atoms with E-state index in [-0.39, 0.29) is 11.3 Å². The highest BCUT2D eigenvalue weighted by Crippen LogP contribution is 2.28. The highest BCUT2D eigenvalue weighted by Gasteiger charge is 2.21. The lowest BCUT2D eigenvalue weighted by Gasteiger charge is -2.04. The molecule has 0 unspecified atom stereocenters. The van der Waals surface area contributed by atoms with Crippen LogP contribution in [0.2, 0.25) is 0 Å². The van der Waals surface area contributed by atoms with Gasteiger partial charge < -0.3 is 4.74 Å². The number of aryl methyl sites for hydroxylation is 2. The first kappa shape index (κ1) is 17.0. The van der Waals surface area contributed by atoms with E-state index in [1.54, 1.807) is 31.2 Å². The molecule has 2 heterocycles. The minimum atomic E-state index is -0.543.